The number of rotatable bonds is 4. The lowest BCUT2D eigenvalue weighted by Crippen LogP contribution is -2.50. The van der Waals surface area contributed by atoms with Gasteiger partial charge in [0.2, 0.25) is 5.91 Å². The number of ether oxygens (including phenoxy) is 1. The maximum absolute atomic E-state index is 12.4. The quantitative estimate of drug-likeness (QED) is 0.792. The van der Waals surface area contributed by atoms with Crippen LogP contribution in [0.15, 0.2) is 47.9 Å². The Labute approximate surface area is 151 Å². The van der Waals surface area contributed by atoms with Crippen molar-refractivity contribution in [3.63, 3.8) is 0 Å². The van der Waals surface area contributed by atoms with Gasteiger partial charge in [-0.15, -0.1) is 11.3 Å². The van der Waals surface area contributed by atoms with Gasteiger partial charge in [0, 0.05) is 37.8 Å². The number of hydrogen-bond donors (Lipinski definition) is 0. The van der Waals surface area contributed by atoms with Crippen LogP contribution in [0.3, 0.4) is 0 Å². The topological polar surface area (TPSA) is 49.9 Å². The first-order chi connectivity index (χ1) is 12.2. The minimum absolute atomic E-state index is 0.0471. The van der Waals surface area contributed by atoms with Gasteiger partial charge in [-0.1, -0.05) is 24.3 Å². The fourth-order valence-electron chi connectivity index (χ4n) is 2.76. The molecule has 2 heterocycles. The highest BCUT2D eigenvalue weighted by molar-refractivity contribution is 7.12. The summed E-state index contributed by atoms with van der Waals surface area (Å²) in [5, 5.41) is 1.90. The molecule has 3 rings (SSSR count). The molecular formula is C19H20N2O3S. The number of amides is 2. The van der Waals surface area contributed by atoms with E-state index in [1.165, 1.54) is 11.3 Å². The third-order valence-electron chi connectivity index (χ3n) is 4.15. The van der Waals surface area contributed by atoms with E-state index in [1.54, 1.807) is 29.1 Å². The standard InChI is InChI=1S/C19H20N2O3S/c1-24-16-6-3-2-5-15(16)8-9-18(22)20-10-12-21(13-11-20)19(23)17-7-4-14-25-17/h2-9,14H,10-13H2,1H3/b9-8+. The highest BCUT2D eigenvalue weighted by atomic mass is 32.1. The Hall–Kier alpha value is -2.60. The molecule has 2 aromatic rings. The maximum atomic E-state index is 12.4. The van der Waals surface area contributed by atoms with E-state index in [1.807, 2.05) is 41.8 Å². The number of thiophene rings is 1. The van der Waals surface area contributed by atoms with Crippen LogP contribution in [0.1, 0.15) is 15.2 Å². The predicted octanol–water partition coefficient (Wildman–Crippen LogP) is 2.75. The predicted molar refractivity (Wildman–Crippen MR) is 98.8 cm³/mol. The van der Waals surface area contributed by atoms with Crippen molar-refractivity contribution in [2.75, 3.05) is 33.3 Å². The second-order valence-electron chi connectivity index (χ2n) is 5.67. The third kappa shape index (κ3) is 4.09. The normalized spacial score (nSPS) is 14.8. The molecule has 1 saturated heterocycles. The van der Waals surface area contributed by atoms with Crippen LogP contribution in [0.2, 0.25) is 0 Å². The first kappa shape index (κ1) is 17.2. The lowest BCUT2D eigenvalue weighted by atomic mass is 10.2. The molecule has 130 valence electrons. The summed E-state index contributed by atoms with van der Waals surface area (Å²) in [5.74, 6) is 0.735. The molecule has 1 aromatic carbocycles. The molecule has 25 heavy (non-hydrogen) atoms. The fourth-order valence-corrected chi connectivity index (χ4v) is 3.45. The number of piperazine rings is 1. The van der Waals surface area contributed by atoms with Crippen molar-refractivity contribution >= 4 is 29.2 Å². The summed E-state index contributed by atoms with van der Waals surface area (Å²) >= 11 is 1.45. The summed E-state index contributed by atoms with van der Waals surface area (Å²) in [6.45, 7) is 2.22. The average Bonchev–Trinajstić information content (AvgIpc) is 3.20. The van der Waals surface area contributed by atoms with Gasteiger partial charge in [-0.3, -0.25) is 9.59 Å². The van der Waals surface area contributed by atoms with Crippen molar-refractivity contribution in [1.29, 1.82) is 0 Å². The van der Waals surface area contributed by atoms with Crippen molar-refractivity contribution < 1.29 is 14.3 Å². The minimum Gasteiger partial charge on any atom is -0.496 e. The molecule has 0 radical (unpaired) electrons. The average molecular weight is 356 g/mol. The minimum atomic E-state index is -0.0471. The number of carbonyl (C=O) groups excluding carboxylic acids is 2. The summed E-state index contributed by atoms with van der Waals surface area (Å²) in [5.41, 5.74) is 0.866. The number of carbonyl (C=O) groups is 2. The molecule has 1 aliphatic rings. The molecule has 2 amide bonds. The highest BCUT2D eigenvalue weighted by Gasteiger charge is 2.24. The second-order valence-corrected chi connectivity index (χ2v) is 6.62. The Balaban J connectivity index is 1.56. The zero-order valence-electron chi connectivity index (χ0n) is 14.1. The maximum Gasteiger partial charge on any atom is 0.264 e. The molecule has 0 saturated carbocycles. The van der Waals surface area contributed by atoms with Gasteiger partial charge in [-0.05, 0) is 23.6 Å². The van der Waals surface area contributed by atoms with E-state index in [9.17, 15) is 9.59 Å². The van der Waals surface area contributed by atoms with Crippen LogP contribution in [0.4, 0.5) is 0 Å². The van der Waals surface area contributed by atoms with Gasteiger partial charge in [-0.2, -0.15) is 0 Å². The van der Waals surface area contributed by atoms with E-state index >= 15 is 0 Å². The Morgan fingerprint density at radius 1 is 1.04 bits per heavy atom. The largest absolute Gasteiger partial charge is 0.496 e. The Kier molecular flexibility index (Phi) is 5.50. The van der Waals surface area contributed by atoms with E-state index in [0.717, 1.165) is 16.2 Å². The van der Waals surface area contributed by atoms with Crippen LogP contribution in [0.25, 0.3) is 6.08 Å². The van der Waals surface area contributed by atoms with Gasteiger partial charge in [0.25, 0.3) is 5.91 Å². The number of benzene rings is 1. The summed E-state index contributed by atoms with van der Waals surface area (Å²) in [7, 11) is 1.61. The number of para-hydroxylation sites is 1. The first-order valence-corrected chi connectivity index (χ1v) is 9.00. The summed E-state index contributed by atoms with van der Waals surface area (Å²) in [4.78, 5) is 29.0. The Bertz CT molecular complexity index is 763. The third-order valence-corrected chi connectivity index (χ3v) is 5.01. The number of nitrogens with zero attached hydrogens (tertiary/aromatic N) is 2. The van der Waals surface area contributed by atoms with E-state index < -0.39 is 0 Å². The van der Waals surface area contributed by atoms with Gasteiger partial charge in [0.15, 0.2) is 0 Å². The van der Waals surface area contributed by atoms with Gasteiger partial charge < -0.3 is 14.5 Å². The van der Waals surface area contributed by atoms with Crippen LogP contribution in [0.5, 0.6) is 5.75 Å². The molecular weight excluding hydrogens is 336 g/mol. The molecule has 0 bridgehead atoms. The molecule has 1 fully saturated rings. The molecule has 5 nitrogen and oxygen atoms in total. The lowest BCUT2D eigenvalue weighted by molar-refractivity contribution is -0.127. The van der Waals surface area contributed by atoms with E-state index in [2.05, 4.69) is 0 Å². The molecule has 0 atom stereocenters. The molecule has 0 unspecified atom stereocenters. The van der Waals surface area contributed by atoms with Crippen LogP contribution < -0.4 is 4.74 Å². The highest BCUT2D eigenvalue weighted by Crippen LogP contribution is 2.19. The van der Waals surface area contributed by atoms with Gasteiger partial charge in [0.05, 0.1) is 12.0 Å². The molecule has 1 aliphatic heterocycles. The van der Waals surface area contributed by atoms with Crippen LogP contribution in [0, 0.1) is 0 Å². The van der Waals surface area contributed by atoms with Gasteiger partial charge in [-0.25, -0.2) is 0 Å². The first-order valence-electron chi connectivity index (χ1n) is 8.12. The van der Waals surface area contributed by atoms with Gasteiger partial charge in [0.1, 0.15) is 5.75 Å². The molecule has 6 heteroatoms. The zero-order valence-corrected chi connectivity index (χ0v) is 14.9. The second kappa shape index (κ2) is 7.98. The molecule has 0 aliphatic carbocycles. The van der Waals surface area contributed by atoms with E-state index in [-0.39, 0.29) is 11.8 Å². The van der Waals surface area contributed by atoms with Crippen molar-refractivity contribution in [2.45, 2.75) is 0 Å². The van der Waals surface area contributed by atoms with E-state index in [0.29, 0.717) is 26.2 Å². The van der Waals surface area contributed by atoms with Crippen molar-refractivity contribution in [3.8, 4) is 5.75 Å². The SMILES string of the molecule is COc1ccccc1/C=C/C(=O)N1CCN(C(=O)c2cccs2)CC1. The Morgan fingerprint density at radius 3 is 2.44 bits per heavy atom. The molecule has 0 spiro atoms. The lowest BCUT2D eigenvalue weighted by Gasteiger charge is -2.34. The fraction of sp³-hybridized carbons (Fsp3) is 0.263. The van der Waals surface area contributed by atoms with Crippen molar-refractivity contribution in [1.82, 2.24) is 9.80 Å². The number of methoxy groups -OCH3 is 1. The summed E-state index contributed by atoms with van der Waals surface area (Å²) < 4.78 is 5.28. The van der Waals surface area contributed by atoms with Crippen LogP contribution in [-0.4, -0.2) is 54.9 Å². The number of hydrogen-bond acceptors (Lipinski definition) is 4. The smallest absolute Gasteiger partial charge is 0.264 e. The molecule has 1 aromatic heterocycles. The van der Waals surface area contributed by atoms with Gasteiger partial charge >= 0.3 is 0 Å². The monoisotopic (exact) mass is 356 g/mol. The summed E-state index contributed by atoms with van der Waals surface area (Å²) in [6, 6.07) is 11.3. The van der Waals surface area contributed by atoms with E-state index in [4.69, 9.17) is 4.74 Å². The van der Waals surface area contributed by atoms with Crippen molar-refractivity contribution in [2.24, 2.45) is 0 Å². The summed E-state index contributed by atoms with van der Waals surface area (Å²) in [6.07, 6.45) is 3.33. The van der Waals surface area contributed by atoms with Crippen molar-refractivity contribution in [3.05, 3.63) is 58.3 Å². The van der Waals surface area contributed by atoms with Crippen LogP contribution in [-0.2, 0) is 4.79 Å². The van der Waals surface area contributed by atoms with Crippen LogP contribution >= 0.6 is 11.3 Å². The molecule has 0 N–H and O–H groups in total. The zero-order chi connectivity index (χ0) is 17.6. The Morgan fingerprint density at radius 2 is 1.76 bits per heavy atom.